The minimum atomic E-state index is 0.185. The summed E-state index contributed by atoms with van der Waals surface area (Å²) in [6, 6.07) is 8.82. The Morgan fingerprint density at radius 3 is 2.90 bits per heavy atom. The number of nitrogens with two attached hydrogens (primary N) is 1. The molecule has 0 aliphatic heterocycles. The van der Waals surface area contributed by atoms with Crippen LogP contribution in [-0.2, 0) is 13.0 Å². The van der Waals surface area contributed by atoms with Crippen molar-refractivity contribution in [1.82, 2.24) is 9.55 Å². The summed E-state index contributed by atoms with van der Waals surface area (Å²) in [7, 11) is 0. The molecule has 104 valence electrons. The largest absolute Gasteiger partial charge is 0.341 e. The van der Waals surface area contributed by atoms with Crippen LogP contribution in [0.1, 0.15) is 23.2 Å². The highest BCUT2D eigenvalue weighted by Gasteiger charge is 2.08. The first-order chi connectivity index (χ1) is 9.63. The summed E-state index contributed by atoms with van der Waals surface area (Å²) in [5.74, 6) is 0. The molecule has 3 nitrogen and oxygen atoms in total. The standard InChI is InChI=1S/C16H19N3S/c1-11(17)8-13-4-3-5-16-15(13)6-7-19(16)9-14-10-20-12(2)18-14/h3-7,10-11H,8-9,17H2,1-2H3. The summed E-state index contributed by atoms with van der Waals surface area (Å²) in [5, 5.41) is 4.55. The maximum Gasteiger partial charge on any atom is 0.0898 e. The van der Waals surface area contributed by atoms with E-state index in [1.807, 2.05) is 13.8 Å². The van der Waals surface area contributed by atoms with E-state index >= 15 is 0 Å². The number of thiazole rings is 1. The van der Waals surface area contributed by atoms with Crippen LogP contribution in [0.5, 0.6) is 0 Å². The van der Waals surface area contributed by atoms with E-state index in [1.54, 1.807) is 11.3 Å². The van der Waals surface area contributed by atoms with Crippen LogP contribution in [-0.4, -0.2) is 15.6 Å². The van der Waals surface area contributed by atoms with Crippen LogP contribution >= 0.6 is 11.3 Å². The van der Waals surface area contributed by atoms with Gasteiger partial charge in [-0.15, -0.1) is 11.3 Å². The fourth-order valence-electron chi connectivity index (χ4n) is 2.61. The van der Waals surface area contributed by atoms with Gasteiger partial charge >= 0.3 is 0 Å². The van der Waals surface area contributed by atoms with Gasteiger partial charge in [-0.1, -0.05) is 12.1 Å². The zero-order chi connectivity index (χ0) is 14.1. The summed E-state index contributed by atoms with van der Waals surface area (Å²) < 4.78 is 2.26. The lowest BCUT2D eigenvalue weighted by atomic mass is 10.0. The maximum absolute atomic E-state index is 5.93. The molecule has 0 aliphatic carbocycles. The van der Waals surface area contributed by atoms with Crippen molar-refractivity contribution in [1.29, 1.82) is 0 Å². The Bertz CT molecular complexity index is 724. The van der Waals surface area contributed by atoms with Gasteiger partial charge in [0, 0.05) is 28.5 Å². The molecule has 0 amide bonds. The molecule has 0 bridgehead atoms. The third kappa shape index (κ3) is 2.62. The molecule has 3 rings (SSSR count). The van der Waals surface area contributed by atoms with Crippen molar-refractivity contribution in [2.45, 2.75) is 32.9 Å². The zero-order valence-corrected chi connectivity index (χ0v) is 12.7. The minimum absolute atomic E-state index is 0.185. The van der Waals surface area contributed by atoms with E-state index in [9.17, 15) is 0 Å². The number of hydrogen-bond acceptors (Lipinski definition) is 3. The first-order valence-corrected chi connectivity index (χ1v) is 7.75. The number of aryl methyl sites for hydroxylation is 1. The monoisotopic (exact) mass is 285 g/mol. The van der Waals surface area contributed by atoms with Crippen LogP contribution in [0.2, 0.25) is 0 Å². The number of benzene rings is 1. The molecule has 0 saturated carbocycles. The Labute approximate surface area is 123 Å². The highest BCUT2D eigenvalue weighted by Crippen LogP contribution is 2.22. The van der Waals surface area contributed by atoms with Crippen molar-refractivity contribution in [2.75, 3.05) is 0 Å². The van der Waals surface area contributed by atoms with Crippen molar-refractivity contribution in [3.05, 3.63) is 52.1 Å². The number of aromatic nitrogens is 2. The lowest BCUT2D eigenvalue weighted by molar-refractivity contribution is 0.741. The summed E-state index contributed by atoms with van der Waals surface area (Å²) in [5.41, 5.74) is 9.64. The first-order valence-electron chi connectivity index (χ1n) is 6.87. The Hall–Kier alpha value is -1.65. The van der Waals surface area contributed by atoms with Gasteiger partial charge in [-0.05, 0) is 38.0 Å². The molecule has 0 spiro atoms. The molecule has 2 aromatic heterocycles. The number of hydrogen-bond donors (Lipinski definition) is 1. The zero-order valence-electron chi connectivity index (χ0n) is 11.8. The predicted molar refractivity (Wildman–Crippen MR) is 85.2 cm³/mol. The van der Waals surface area contributed by atoms with Gasteiger partial charge in [0.15, 0.2) is 0 Å². The van der Waals surface area contributed by atoms with Crippen LogP contribution in [0.3, 0.4) is 0 Å². The average Bonchev–Trinajstić information content (AvgIpc) is 2.97. The summed E-state index contributed by atoms with van der Waals surface area (Å²) in [4.78, 5) is 4.54. The minimum Gasteiger partial charge on any atom is -0.341 e. The number of fused-ring (bicyclic) bond motifs is 1. The SMILES string of the molecule is Cc1nc(Cn2ccc3c(CC(C)N)cccc32)cs1. The summed E-state index contributed by atoms with van der Waals surface area (Å²) in [6.07, 6.45) is 3.06. The van der Waals surface area contributed by atoms with E-state index in [-0.39, 0.29) is 6.04 Å². The van der Waals surface area contributed by atoms with Gasteiger partial charge < -0.3 is 10.3 Å². The third-order valence-corrected chi connectivity index (χ3v) is 4.27. The molecule has 1 atom stereocenters. The molecule has 1 aromatic carbocycles. The second-order valence-electron chi connectivity index (χ2n) is 5.33. The summed E-state index contributed by atoms with van der Waals surface area (Å²) >= 11 is 1.70. The quantitative estimate of drug-likeness (QED) is 0.799. The molecule has 20 heavy (non-hydrogen) atoms. The number of nitrogens with zero attached hydrogens (tertiary/aromatic N) is 2. The molecular weight excluding hydrogens is 266 g/mol. The van der Waals surface area contributed by atoms with Crippen LogP contribution in [0.25, 0.3) is 10.9 Å². The normalized spacial score (nSPS) is 12.9. The van der Waals surface area contributed by atoms with Gasteiger partial charge in [0.1, 0.15) is 0 Å². The van der Waals surface area contributed by atoms with Crippen LogP contribution in [0.15, 0.2) is 35.8 Å². The van der Waals surface area contributed by atoms with Gasteiger partial charge in [-0.2, -0.15) is 0 Å². The van der Waals surface area contributed by atoms with Crippen molar-refractivity contribution < 1.29 is 0 Å². The fraction of sp³-hybridized carbons (Fsp3) is 0.312. The number of rotatable bonds is 4. The Morgan fingerprint density at radius 1 is 1.35 bits per heavy atom. The van der Waals surface area contributed by atoms with Crippen molar-refractivity contribution in [2.24, 2.45) is 5.73 Å². The molecule has 0 fully saturated rings. The summed E-state index contributed by atoms with van der Waals surface area (Å²) in [6.45, 7) is 4.92. The smallest absolute Gasteiger partial charge is 0.0898 e. The van der Waals surface area contributed by atoms with Crippen molar-refractivity contribution in [3.63, 3.8) is 0 Å². The van der Waals surface area contributed by atoms with E-state index < -0.39 is 0 Å². The Balaban J connectivity index is 1.97. The Kier molecular flexibility index (Phi) is 3.59. The van der Waals surface area contributed by atoms with Gasteiger partial charge in [-0.25, -0.2) is 4.98 Å². The second-order valence-corrected chi connectivity index (χ2v) is 6.40. The van der Waals surface area contributed by atoms with Crippen LogP contribution in [0, 0.1) is 6.92 Å². The van der Waals surface area contributed by atoms with E-state index in [1.165, 1.54) is 16.5 Å². The van der Waals surface area contributed by atoms with Gasteiger partial charge in [0.05, 0.1) is 17.2 Å². The average molecular weight is 285 g/mol. The third-order valence-electron chi connectivity index (χ3n) is 3.44. The van der Waals surface area contributed by atoms with Crippen molar-refractivity contribution >= 4 is 22.2 Å². The van der Waals surface area contributed by atoms with Crippen LogP contribution < -0.4 is 5.73 Å². The highest BCUT2D eigenvalue weighted by molar-refractivity contribution is 7.09. The van der Waals surface area contributed by atoms with E-state index in [0.717, 1.165) is 23.7 Å². The molecule has 1 unspecified atom stereocenters. The first kappa shape index (κ1) is 13.3. The van der Waals surface area contributed by atoms with Gasteiger partial charge in [-0.3, -0.25) is 0 Å². The Morgan fingerprint density at radius 2 is 2.20 bits per heavy atom. The lowest BCUT2D eigenvalue weighted by Crippen LogP contribution is -2.17. The van der Waals surface area contributed by atoms with Crippen molar-refractivity contribution in [3.8, 4) is 0 Å². The van der Waals surface area contributed by atoms with E-state index in [0.29, 0.717) is 0 Å². The fourth-order valence-corrected chi connectivity index (χ4v) is 3.21. The molecule has 0 saturated heterocycles. The van der Waals surface area contributed by atoms with Crippen LogP contribution in [0.4, 0.5) is 0 Å². The predicted octanol–water partition coefficient (Wildman–Crippen LogP) is 3.34. The van der Waals surface area contributed by atoms with E-state index in [2.05, 4.69) is 45.4 Å². The van der Waals surface area contributed by atoms with Gasteiger partial charge in [0.2, 0.25) is 0 Å². The molecule has 2 N–H and O–H groups in total. The lowest BCUT2D eigenvalue weighted by Gasteiger charge is -2.08. The van der Waals surface area contributed by atoms with E-state index in [4.69, 9.17) is 5.73 Å². The molecule has 2 heterocycles. The molecule has 0 aliphatic rings. The van der Waals surface area contributed by atoms with Gasteiger partial charge in [0.25, 0.3) is 0 Å². The second kappa shape index (κ2) is 5.38. The topological polar surface area (TPSA) is 43.8 Å². The molecule has 3 aromatic rings. The molecule has 0 radical (unpaired) electrons. The molecular formula is C16H19N3S. The highest BCUT2D eigenvalue weighted by atomic mass is 32.1. The maximum atomic E-state index is 5.93. The molecule has 4 heteroatoms.